The lowest BCUT2D eigenvalue weighted by molar-refractivity contribution is 0.0526. The molecule has 0 radical (unpaired) electrons. The summed E-state index contributed by atoms with van der Waals surface area (Å²) in [4.78, 5) is 18.4. The highest BCUT2D eigenvalue weighted by molar-refractivity contribution is 5.90. The minimum Gasteiger partial charge on any atom is -0.462 e. The summed E-state index contributed by atoms with van der Waals surface area (Å²) in [6.45, 7) is 11.7. The van der Waals surface area contributed by atoms with Gasteiger partial charge in [-0.15, -0.1) is 0 Å². The number of esters is 1. The Balaban J connectivity index is 1.87. The highest BCUT2D eigenvalue weighted by atomic mass is 19.1. The Morgan fingerprint density at radius 1 is 1.28 bits per heavy atom. The minimum absolute atomic E-state index is 0.00385. The fourth-order valence-corrected chi connectivity index (χ4v) is 4.26. The standard InChI is InChI=1S/C24H29FN2O2/c1-6-27-22-13-21(25)18(12-20(22)16(3)14-24(27,4)5)15-26-19-10-8-17(9-11-19)23(28)29-7-2/h8-13,15-16H,6-7,14H2,1-5H3. The Kier molecular flexibility index (Phi) is 6.06. The van der Waals surface area contributed by atoms with Crippen molar-refractivity contribution in [2.45, 2.75) is 52.5 Å². The van der Waals surface area contributed by atoms with Crippen molar-refractivity contribution < 1.29 is 13.9 Å². The maximum atomic E-state index is 14.8. The third kappa shape index (κ3) is 4.34. The van der Waals surface area contributed by atoms with E-state index in [1.807, 2.05) is 6.07 Å². The third-order valence-corrected chi connectivity index (χ3v) is 5.55. The van der Waals surface area contributed by atoms with E-state index < -0.39 is 0 Å². The molecule has 1 aliphatic rings. The fourth-order valence-electron chi connectivity index (χ4n) is 4.26. The van der Waals surface area contributed by atoms with Gasteiger partial charge < -0.3 is 9.64 Å². The van der Waals surface area contributed by atoms with Gasteiger partial charge >= 0.3 is 5.97 Å². The molecule has 29 heavy (non-hydrogen) atoms. The van der Waals surface area contributed by atoms with E-state index in [0.29, 0.717) is 29.3 Å². The van der Waals surface area contributed by atoms with Crippen LogP contribution in [-0.2, 0) is 4.74 Å². The first-order valence-electron chi connectivity index (χ1n) is 10.2. The van der Waals surface area contributed by atoms with Crippen LogP contribution in [0.15, 0.2) is 41.4 Å². The molecule has 0 saturated carbocycles. The van der Waals surface area contributed by atoms with E-state index in [-0.39, 0.29) is 17.3 Å². The van der Waals surface area contributed by atoms with Gasteiger partial charge in [0.2, 0.25) is 0 Å². The van der Waals surface area contributed by atoms with Crippen LogP contribution in [0.1, 0.15) is 68.4 Å². The van der Waals surface area contributed by atoms with Crippen LogP contribution in [-0.4, -0.2) is 30.9 Å². The topological polar surface area (TPSA) is 41.9 Å². The zero-order valence-electron chi connectivity index (χ0n) is 17.8. The van der Waals surface area contributed by atoms with Gasteiger partial charge in [0.25, 0.3) is 0 Å². The second-order valence-corrected chi connectivity index (χ2v) is 8.12. The number of aliphatic imine (C=N–C) groups is 1. The van der Waals surface area contributed by atoms with Crippen LogP contribution in [0.25, 0.3) is 0 Å². The number of fused-ring (bicyclic) bond motifs is 1. The first-order chi connectivity index (χ1) is 13.8. The van der Waals surface area contributed by atoms with Crippen LogP contribution < -0.4 is 4.90 Å². The van der Waals surface area contributed by atoms with Gasteiger partial charge in [-0.2, -0.15) is 0 Å². The molecule has 2 aromatic rings. The van der Waals surface area contributed by atoms with Crippen molar-refractivity contribution in [1.82, 2.24) is 0 Å². The molecular weight excluding hydrogens is 367 g/mol. The van der Waals surface area contributed by atoms with Gasteiger partial charge in [0.05, 0.1) is 17.9 Å². The maximum Gasteiger partial charge on any atom is 0.338 e. The van der Waals surface area contributed by atoms with E-state index in [2.05, 4.69) is 37.6 Å². The highest BCUT2D eigenvalue weighted by Crippen LogP contribution is 2.43. The Labute approximate surface area is 172 Å². The van der Waals surface area contributed by atoms with Gasteiger partial charge in [0.15, 0.2) is 0 Å². The Morgan fingerprint density at radius 2 is 1.97 bits per heavy atom. The van der Waals surface area contributed by atoms with Crippen LogP contribution in [0.3, 0.4) is 0 Å². The maximum absolute atomic E-state index is 14.8. The molecule has 0 spiro atoms. The Hall–Kier alpha value is -2.69. The quantitative estimate of drug-likeness (QED) is 0.469. The fraction of sp³-hybridized carbons (Fsp3) is 0.417. The molecule has 1 aliphatic heterocycles. The van der Waals surface area contributed by atoms with Crippen molar-refractivity contribution in [2.24, 2.45) is 4.99 Å². The van der Waals surface area contributed by atoms with Crippen molar-refractivity contribution in [3.8, 4) is 0 Å². The monoisotopic (exact) mass is 396 g/mol. The van der Waals surface area contributed by atoms with Crippen LogP contribution >= 0.6 is 0 Å². The smallest absolute Gasteiger partial charge is 0.338 e. The number of benzene rings is 2. The normalized spacial score (nSPS) is 18.0. The summed E-state index contributed by atoms with van der Waals surface area (Å²) in [6.07, 6.45) is 2.57. The number of rotatable bonds is 5. The van der Waals surface area contributed by atoms with Crippen LogP contribution in [0.2, 0.25) is 0 Å². The summed E-state index contributed by atoms with van der Waals surface area (Å²) in [5.74, 6) is -0.292. The number of nitrogens with zero attached hydrogens (tertiary/aromatic N) is 2. The molecule has 154 valence electrons. The Bertz CT molecular complexity index is 919. The van der Waals surface area contributed by atoms with E-state index in [9.17, 15) is 9.18 Å². The average molecular weight is 397 g/mol. The molecule has 1 atom stereocenters. The van der Waals surface area contributed by atoms with Gasteiger partial charge in [0, 0.05) is 29.5 Å². The molecule has 5 heteroatoms. The molecule has 1 unspecified atom stereocenters. The summed E-state index contributed by atoms with van der Waals surface area (Å²) >= 11 is 0. The first-order valence-corrected chi connectivity index (χ1v) is 10.2. The molecule has 1 heterocycles. The summed E-state index contributed by atoms with van der Waals surface area (Å²) < 4.78 is 19.8. The number of hydrogen-bond acceptors (Lipinski definition) is 4. The molecule has 0 aromatic heterocycles. The first kappa shape index (κ1) is 21.0. The van der Waals surface area contributed by atoms with E-state index in [1.165, 1.54) is 0 Å². The predicted molar refractivity (Wildman–Crippen MR) is 116 cm³/mol. The molecule has 0 amide bonds. The third-order valence-electron chi connectivity index (χ3n) is 5.55. The van der Waals surface area contributed by atoms with E-state index in [0.717, 1.165) is 24.2 Å². The van der Waals surface area contributed by atoms with Gasteiger partial charge in [-0.25, -0.2) is 9.18 Å². The molecule has 0 aliphatic carbocycles. The number of anilines is 1. The minimum atomic E-state index is -0.360. The summed E-state index contributed by atoms with van der Waals surface area (Å²) in [5.41, 5.74) is 3.74. The molecule has 4 nitrogen and oxygen atoms in total. The second kappa shape index (κ2) is 8.36. The van der Waals surface area contributed by atoms with Crippen LogP contribution in [0, 0.1) is 5.82 Å². The molecule has 0 bridgehead atoms. The molecule has 0 N–H and O–H groups in total. The number of halogens is 1. The zero-order valence-corrected chi connectivity index (χ0v) is 17.8. The summed E-state index contributed by atoms with van der Waals surface area (Å²) in [5, 5.41) is 0. The number of carbonyl (C=O) groups is 1. The number of ether oxygens (including phenoxy) is 1. The van der Waals surface area contributed by atoms with Gasteiger partial charge in [-0.1, -0.05) is 6.92 Å². The molecule has 2 aromatic carbocycles. The highest BCUT2D eigenvalue weighted by Gasteiger charge is 2.36. The van der Waals surface area contributed by atoms with E-state index in [1.54, 1.807) is 43.5 Å². The molecule has 0 fully saturated rings. The van der Waals surface area contributed by atoms with Crippen LogP contribution in [0.5, 0.6) is 0 Å². The van der Waals surface area contributed by atoms with E-state index >= 15 is 0 Å². The van der Waals surface area contributed by atoms with Crippen molar-refractivity contribution >= 4 is 23.6 Å². The van der Waals surface area contributed by atoms with Crippen molar-refractivity contribution in [1.29, 1.82) is 0 Å². The largest absolute Gasteiger partial charge is 0.462 e. The predicted octanol–water partition coefficient (Wildman–Crippen LogP) is 5.87. The van der Waals surface area contributed by atoms with Crippen molar-refractivity contribution in [3.05, 3.63) is 58.9 Å². The Morgan fingerprint density at radius 3 is 2.59 bits per heavy atom. The van der Waals surface area contributed by atoms with Gasteiger partial charge in [-0.05, 0) is 82.0 Å². The van der Waals surface area contributed by atoms with Crippen LogP contribution in [0.4, 0.5) is 15.8 Å². The van der Waals surface area contributed by atoms with Crippen molar-refractivity contribution in [2.75, 3.05) is 18.1 Å². The summed E-state index contributed by atoms with van der Waals surface area (Å²) in [7, 11) is 0. The average Bonchev–Trinajstić information content (AvgIpc) is 2.67. The van der Waals surface area contributed by atoms with Gasteiger partial charge in [-0.3, -0.25) is 4.99 Å². The lowest BCUT2D eigenvalue weighted by Gasteiger charge is -2.47. The lowest BCUT2D eigenvalue weighted by Crippen LogP contribution is -2.48. The molecule has 0 saturated heterocycles. The van der Waals surface area contributed by atoms with E-state index in [4.69, 9.17) is 4.74 Å². The van der Waals surface area contributed by atoms with Crippen molar-refractivity contribution in [3.63, 3.8) is 0 Å². The number of hydrogen-bond donors (Lipinski definition) is 0. The zero-order chi connectivity index (χ0) is 21.2. The lowest BCUT2D eigenvalue weighted by atomic mass is 9.79. The second-order valence-electron chi connectivity index (χ2n) is 8.12. The molecular formula is C24H29FN2O2. The SMILES string of the molecule is CCOC(=O)c1ccc(N=Cc2cc3c(cc2F)N(CC)C(C)(C)CC3C)cc1. The van der Waals surface area contributed by atoms with Gasteiger partial charge in [0.1, 0.15) is 5.82 Å². The number of carbonyl (C=O) groups excluding carboxylic acids is 1. The summed E-state index contributed by atoms with van der Waals surface area (Å²) in [6, 6.07) is 10.3. The molecule has 3 rings (SSSR count).